The van der Waals surface area contributed by atoms with E-state index in [1.54, 1.807) is 0 Å². The van der Waals surface area contributed by atoms with E-state index in [1.807, 2.05) is 24.3 Å². The van der Waals surface area contributed by atoms with Gasteiger partial charge in [0, 0.05) is 45.2 Å². The molecule has 1 saturated carbocycles. The molecule has 1 aliphatic rings. The number of phenols is 2. The van der Waals surface area contributed by atoms with Gasteiger partial charge >= 0.3 is 0 Å². The smallest absolute Gasteiger partial charge is 0.134 e. The quantitative estimate of drug-likeness (QED) is 0.347. The van der Waals surface area contributed by atoms with Crippen LogP contribution in [0, 0.1) is 0 Å². The van der Waals surface area contributed by atoms with Gasteiger partial charge in [0.25, 0.3) is 0 Å². The summed E-state index contributed by atoms with van der Waals surface area (Å²) in [5.74, 6) is 0.601. The van der Waals surface area contributed by atoms with Crippen LogP contribution in [0.15, 0.2) is 42.2 Å². The molecule has 164 valence electrons. The normalized spacial score (nSPS) is 19.6. The van der Waals surface area contributed by atoms with Crippen molar-refractivity contribution < 1.29 is 10.2 Å². The zero-order valence-corrected chi connectivity index (χ0v) is 23.4. The van der Waals surface area contributed by atoms with Crippen LogP contribution in [0.4, 0.5) is 0 Å². The van der Waals surface area contributed by atoms with Crippen molar-refractivity contribution >= 4 is 63.7 Å². The van der Waals surface area contributed by atoms with Gasteiger partial charge in [-0.1, -0.05) is 44.7 Å². The second kappa shape index (κ2) is 10.7. The lowest BCUT2D eigenvalue weighted by molar-refractivity contribution is 0.0685. The number of aromatic hydroxyl groups is 2. The highest BCUT2D eigenvalue weighted by Crippen LogP contribution is 2.36. The van der Waals surface area contributed by atoms with Crippen molar-refractivity contribution in [2.75, 3.05) is 14.1 Å². The van der Waals surface area contributed by atoms with Gasteiger partial charge in [0.1, 0.15) is 11.5 Å². The molecule has 0 saturated heterocycles. The van der Waals surface area contributed by atoms with Gasteiger partial charge in [-0.25, -0.2) is 0 Å². The number of halogens is 4. The van der Waals surface area contributed by atoms with Crippen LogP contribution >= 0.6 is 63.7 Å². The van der Waals surface area contributed by atoms with E-state index in [2.05, 4.69) is 87.6 Å². The van der Waals surface area contributed by atoms with E-state index in [9.17, 15) is 10.2 Å². The fourth-order valence-electron chi connectivity index (χ4n) is 4.37. The molecule has 3 rings (SSSR count). The number of benzene rings is 2. The summed E-state index contributed by atoms with van der Waals surface area (Å²) in [5.41, 5.74) is 1.80. The highest BCUT2D eigenvalue weighted by Gasteiger charge is 2.32. The van der Waals surface area contributed by atoms with Gasteiger partial charge in [-0.3, -0.25) is 9.80 Å². The Balaban J connectivity index is 1.77. The molecule has 2 atom stereocenters. The molecule has 0 heterocycles. The van der Waals surface area contributed by atoms with Crippen molar-refractivity contribution in [2.24, 2.45) is 0 Å². The lowest BCUT2D eigenvalue weighted by atomic mass is 9.88. The lowest BCUT2D eigenvalue weighted by Gasteiger charge is -2.43. The standard InChI is InChI=1S/C22H26Br4N2O2/c1-27(11-13-7-15(23)9-17(25)21(13)29)19-5-3-4-6-20(19)28(2)12-14-8-16(24)10-18(26)22(14)30/h7-10,19-20,29-30H,3-6,11-12H2,1-2H3. The first-order chi connectivity index (χ1) is 14.2. The summed E-state index contributed by atoms with van der Waals surface area (Å²) in [7, 11) is 4.27. The SMILES string of the molecule is CN(Cc1cc(Br)cc(Br)c1O)C1CCCCC1N(C)Cc1cc(Br)cc(Br)c1O. The highest BCUT2D eigenvalue weighted by atomic mass is 79.9. The first-order valence-corrected chi connectivity index (χ1v) is 13.1. The van der Waals surface area contributed by atoms with Crippen molar-refractivity contribution in [2.45, 2.75) is 50.9 Å². The molecule has 8 heteroatoms. The van der Waals surface area contributed by atoms with Gasteiger partial charge in [-0.2, -0.15) is 0 Å². The van der Waals surface area contributed by atoms with Crippen LogP contribution < -0.4 is 0 Å². The Morgan fingerprint density at radius 2 is 1.10 bits per heavy atom. The molecule has 30 heavy (non-hydrogen) atoms. The molecule has 0 amide bonds. The molecule has 1 fully saturated rings. The average molecular weight is 670 g/mol. The van der Waals surface area contributed by atoms with Crippen LogP contribution in [-0.2, 0) is 13.1 Å². The van der Waals surface area contributed by atoms with E-state index in [4.69, 9.17) is 0 Å². The number of phenolic OH excluding ortho intramolecular Hbond substituents is 2. The van der Waals surface area contributed by atoms with E-state index in [0.717, 1.165) is 32.9 Å². The zero-order valence-electron chi connectivity index (χ0n) is 17.0. The molecule has 4 nitrogen and oxygen atoms in total. The Morgan fingerprint density at radius 1 is 0.733 bits per heavy atom. The third-order valence-corrected chi connectivity index (χ3v) is 8.00. The Morgan fingerprint density at radius 3 is 1.47 bits per heavy atom. The number of hydrogen-bond donors (Lipinski definition) is 2. The first kappa shape index (κ1) is 24.5. The predicted molar refractivity (Wildman–Crippen MR) is 136 cm³/mol. The van der Waals surface area contributed by atoms with E-state index < -0.39 is 0 Å². The fourth-order valence-corrected chi connectivity index (χ4v) is 7.00. The summed E-state index contributed by atoms with van der Waals surface area (Å²) in [6.07, 6.45) is 4.66. The number of hydrogen-bond acceptors (Lipinski definition) is 4. The summed E-state index contributed by atoms with van der Waals surface area (Å²) in [4.78, 5) is 4.70. The van der Waals surface area contributed by atoms with Crippen molar-refractivity contribution in [1.29, 1.82) is 0 Å². The molecular formula is C22H26Br4N2O2. The topological polar surface area (TPSA) is 46.9 Å². The van der Waals surface area contributed by atoms with E-state index in [1.165, 1.54) is 12.8 Å². The maximum Gasteiger partial charge on any atom is 0.134 e. The van der Waals surface area contributed by atoms with Crippen molar-refractivity contribution in [3.8, 4) is 11.5 Å². The Bertz CT molecular complexity index is 836. The molecule has 0 bridgehead atoms. The van der Waals surface area contributed by atoms with Crippen LogP contribution in [0.1, 0.15) is 36.8 Å². The lowest BCUT2D eigenvalue weighted by Crippen LogP contribution is -2.50. The summed E-state index contributed by atoms with van der Waals surface area (Å²) < 4.78 is 3.30. The molecule has 0 aliphatic heterocycles. The largest absolute Gasteiger partial charge is 0.506 e. The molecule has 2 aromatic rings. The third-order valence-electron chi connectivity index (χ3n) is 5.88. The van der Waals surface area contributed by atoms with Gasteiger partial charge in [0.2, 0.25) is 0 Å². The first-order valence-electron chi connectivity index (χ1n) is 9.91. The molecule has 1 aliphatic carbocycles. The molecule has 0 radical (unpaired) electrons. The van der Waals surface area contributed by atoms with E-state index in [-0.39, 0.29) is 0 Å². The predicted octanol–water partition coefficient (Wildman–Crippen LogP) is 7.02. The Labute approximate surface area is 212 Å². The number of rotatable bonds is 6. The highest BCUT2D eigenvalue weighted by molar-refractivity contribution is 9.11. The summed E-state index contributed by atoms with van der Waals surface area (Å²) >= 11 is 13.9. The summed E-state index contributed by atoms with van der Waals surface area (Å²) in [6, 6.07) is 8.43. The Hall–Kier alpha value is -0.120. The van der Waals surface area contributed by atoms with Gasteiger partial charge in [-0.15, -0.1) is 0 Å². The van der Waals surface area contributed by atoms with Gasteiger partial charge in [-0.05, 0) is 83.1 Å². The van der Waals surface area contributed by atoms with Crippen LogP contribution in [0.2, 0.25) is 0 Å². The monoisotopic (exact) mass is 666 g/mol. The zero-order chi connectivity index (χ0) is 22.0. The molecule has 2 N–H and O–H groups in total. The second-order valence-electron chi connectivity index (χ2n) is 8.04. The minimum Gasteiger partial charge on any atom is -0.506 e. The van der Waals surface area contributed by atoms with Crippen molar-refractivity contribution in [1.82, 2.24) is 9.80 Å². The maximum atomic E-state index is 10.5. The van der Waals surface area contributed by atoms with Gasteiger partial charge in [0.05, 0.1) is 8.95 Å². The molecule has 2 aromatic carbocycles. The summed E-state index contributed by atoms with van der Waals surface area (Å²) in [6.45, 7) is 1.35. The number of likely N-dealkylation sites (N-methyl/N-ethyl adjacent to an activating group) is 2. The van der Waals surface area contributed by atoms with E-state index in [0.29, 0.717) is 45.6 Å². The average Bonchev–Trinajstić information content (AvgIpc) is 2.69. The minimum absolute atomic E-state index is 0.301. The van der Waals surface area contributed by atoms with Crippen LogP contribution in [0.25, 0.3) is 0 Å². The number of nitrogens with zero attached hydrogens (tertiary/aromatic N) is 2. The minimum atomic E-state index is 0.301. The molecular weight excluding hydrogens is 644 g/mol. The Kier molecular flexibility index (Phi) is 8.72. The van der Waals surface area contributed by atoms with Crippen molar-refractivity contribution in [3.05, 3.63) is 53.3 Å². The second-order valence-corrected chi connectivity index (χ2v) is 11.6. The fraction of sp³-hybridized carbons (Fsp3) is 0.455. The molecule has 0 aromatic heterocycles. The molecule has 0 spiro atoms. The van der Waals surface area contributed by atoms with Gasteiger partial charge in [0.15, 0.2) is 0 Å². The third kappa shape index (κ3) is 5.81. The van der Waals surface area contributed by atoms with Crippen LogP contribution in [0.5, 0.6) is 11.5 Å². The van der Waals surface area contributed by atoms with Crippen LogP contribution in [0.3, 0.4) is 0 Å². The maximum absolute atomic E-state index is 10.5. The van der Waals surface area contributed by atoms with Gasteiger partial charge < -0.3 is 10.2 Å². The summed E-state index contributed by atoms with van der Waals surface area (Å²) in [5, 5.41) is 21.0. The molecule has 2 unspecified atom stereocenters. The van der Waals surface area contributed by atoms with Crippen LogP contribution in [-0.4, -0.2) is 46.2 Å². The van der Waals surface area contributed by atoms with E-state index >= 15 is 0 Å². The van der Waals surface area contributed by atoms with Crippen molar-refractivity contribution in [3.63, 3.8) is 0 Å².